The van der Waals surface area contributed by atoms with Crippen molar-refractivity contribution in [3.8, 4) is 0 Å². The first-order chi connectivity index (χ1) is 6.62. The summed E-state index contributed by atoms with van der Waals surface area (Å²) in [6, 6.07) is 0. The molecule has 2 atom stereocenters. The van der Waals surface area contributed by atoms with Gasteiger partial charge in [-0.15, -0.1) is 0 Å². The van der Waals surface area contributed by atoms with Gasteiger partial charge in [0.1, 0.15) is 5.41 Å². The van der Waals surface area contributed by atoms with Crippen LogP contribution in [0.3, 0.4) is 0 Å². The molecule has 4 bridgehead atoms. The van der Waals surface area contributed by atoms with E-state index in [1.807, 2.05) is 0 Å². The van der Waals surface area contributed by atoms with Crippen molar-refractivity contribution in [1.82, 2.24) is 0 Å². The average Bonchev–Trinajstić information content (AvgIpc) is 2.12. The van der Waals surface area contributed by atoms with Gasteiger partial charge in [-0.25, -0.2) is 0 Å². The molecule has 4 fully saturated rings. The summed E-state index contributed by atoms with van der Waals surface area (Å²) in [5.74, 6) is 0.291. The average molecular weight is 194 g/mol. The monoisotopic (exact) mass is 194 g/mol. The minimum Gasteiger partial charge on any atom is -0.480 e. The standard InChI is InChI=1S/C11H14O3/c12-9-8-2-6-1-7(3-8)5-11(9,4-6)10(13)14/h6-8H,1-5H2,(H,13,14)/t6-,7-,8?,11?/m1/s1. The lowest BCUT2D eigenvalue weighted by molar-refractivity contribution is -0.172. The fraction of sp³-hybridized carbons (Fsp3) is 0.818. The van der Waals surface area contributed by atoms with E-state index >= 15 is 0 Å². The minimum atomic E-state index is -0.964. The van der Waals surface area contributed by atoms with E-state index in [9.17, 15) is 14.7 Å². The van der Waals surface area contributed by atoms with Crippen LogP contribution >= 0.6 is 0 Å². The highest BCUT2D eigenvalue weighted by Gasteiger charge is 2.60. The number of Topliss-reactive ketones (excluding diaryl/α,β-unsaturated/α-hetero) is 1. The van der Waals surface area contributed by atoms with Crippen molar-refractivity contribution in [2.45, 2.75) is 32.1 Å². The summed E-state index contributed by atoms with van der Waals surface area (Å²) in [5, 5.41) is 9.23. The van der Waals surface area contributed by atoms with Crippen LogP contribution in [0.2, 0.25) is 0 Å². The number of rotatable bonds is 1. The highest BCUT2D eigenvalue weighted by molar-refractivity contribution is 6.05. The highest BCUT2D eigenvalue weighted by Crippen LogP contribution is 2.58. The molecule has 0 radical (unpaired) electrons. The lowest BCUT2D eigenvalue weighted by atomic mass is 9.49. The van der Waals surface area contributed by atoms with Gasteiger partial charge >= 0.3 is 5.97 Å². The van der Waals surface area contributed by atoms with Crippen LogP contribution in [-0.2, 0) is 9.59 Å². The van der Waals surface area contributed by atoms with Crippen molar-refractivity contribution in [1.29, 1.82) is 0 Å². The number of carbonyl (C=O) groups excluding carboxylic acids is 1. The Morgan fingerprint density at radius 3 is 2.29 bits per heavy atom. The van der Waals surface area contributed by atoms with Gasteiger partial charge in [0, 0.05) is 5.92 Å². The molecule has 0 aromatic heterocycles. The van der Waals surface area contributed by atoms with E-state index in [4.69, 9.17) is 0 Å². The first kappa shape index (κ1) is 8.45. The molecule has 4 aliphatic rings. The Morgan fingerprint density at radius 1 is 1.21 bits per heavy atom. The number of carbonyl (C=O) groups is 2. The molecule has 0 aromatic rings. The minimum absolute atomic E-state index is 0.0391. The Labute approximate surface area is 82.5 Å². The maximum atomic E-state index is 12.0. The Morgan fingerprint density at radius 2 is 1.79 bits per heavy atom. The van der Waals surface area contributed by atoms with E-state index in [-0.39, 0.29) is 11.7 Å². The van der Waals surface area contributed by atoms with Crippen molar-refractivity contribution in [2.24, 2.45) is 23.2 Å². The van der Waals surface area contributed by atoms with Crippen molar-refractivity contribution in [3.05, 3.63) is 0 Å². The van der Waals surface area contributed by atoms with E-state index < -0.39 is 11.4 Å². The number of hydrogen-bond donors (Lipinski definition) is 1. The predicted octanol–water partition coefficient (Wildman–Crippen LogP) is 1.47. The van der Waals surface area contributed by atoms with E-state index in [1.165, 1.54) is 6.42 Å². The van der Waals surface area contributed by atoms with Crippen LogP contribution in [0.5, 0.6) is 0 Å². The van der Waals surface area contributed by atoms with Crippen LogP contribution in [0, 0.1) is 23.2 Å². The van der Waals surface area contributed by atoms with E-state index in [1.54, 1.807) is 0 Å². The van der Waals surface area contributed by atoms with Gasteiger partial charge in [-0.3, -0.25) is 9.59 Å². The zero-order chi connectivity index (χ0) is 9.92. The summed E-state index contributed by atoms with van der Waals surface area (Å²) in [6.07, 6.45) is 4.33. The molecule has 0 saturated heterocycles. The molecule has 0 unspecified atom stereocenters. The summed E-state index contributed by atoms with van der Waals surface area (Å²) < 4.78 is 0. The molecule has 3 heteroatoms. The van der Waals surface area contributed by atoms with Crippen LogP contribution in [0.15, 0.2) is 0 Å². The largest absolute Gasteiger partial charge is 0.480 e. The van der Waals surface area contributed by atoms with Crippen molar-refractivity contribution in [2.75, 3.05) is 0 Å². The third kappa shape index (κ3) is 0.830. The Balaban J connectivity index is 2.05. The van der Waals surface area contributed by atoms with Gasteiger partial charge in [0.15, 0.2) is 5.78 Å². The second-order valence-electron chi connectivity index (χ2n) is 5.30. The van der Waals surface area contributed by atoms with Gasteiger partial charge in [-0.2, -0.15) is 0 Å². The fourth-order valence-electron chi connectivity index (χ4n) is 4.05. The second kappa shape index (κ2) is 2.38. The normalized spacial score (nSPS) is 49.7. The first-order valence-corrected chi connectivity index (χ1v) is 5.39. The fourth-order valence-corrected chi connectivity index (χ4v) is 4.05. The summed E-state index contributed by atoms with van der Waals surface area (Å²) in [5.41, 5.74) is -0.964. The Hall–Kier alpha value is -0.860. The van der Waals surface area contributed by atoms with E-state index in [2.05, 4.69) is 0 Å². The molecule has 14 heavy (non-hydrogen) atoms. The predicted molar refractivity (Wildman–Crippen MR) is 48.6 cm³/mol. The molecular formula is C11H14O3. The van der Waals surface area contributed by atoms with E-state index in [0.29, 0.717) is 24.7 Å². The maximum Gasteiger partial charge on any atom is 0.317 e. The van der Waals surface area contributed by atoms with Gasteiger partial charge in [0.25, 0.3) is 0 Å². The SMILES string of the molecule is O=C(O)C12C[C@H]3CC(C[C@@H](C3)C1)C2=O. The number of aliphatic carboxylic acids is 1. The third-order valence-corrected chi connectivity index (χ3v) is 4.43. The van der Waals surface area contributed by atoms with Gasteiger partial charge in [0.2, 0.25) is 0 Å². The molecule has 4 saturated carbocycles. The smallest absolute Gasteiger partial charge is 0.317 e. The topological polar surface area (TPSA) is 54.4 Å². The molecular weight excluding hydrogens is 180 g/mol. The molecule has 4 aliphatic carbocycles. The van der Waals surface area contributed by atoms with Gasteiger partial charge in [-0.05, 0) is 43.9 Å². The van der Waals surface area contributed by atoms with Crippen molar-refractivity contribution < 1.29 is 14.7 Å². The molecule has 76 valence electrons. The lowest BCUT2D eigenvalue weighted by Crippen LogP contribution is -2.56. The third-order valence-electron chi connectivity index (χ3n) is 4.43. The number of carboxylic acid groups (broad SMARTS) is 1. The van der Waals surface area contributed by atoms with Crippen LogP contribution < -0.4 is 0 Å². The molecule has 3 nitrogen and oxygen atoms in total. The van der Waals surface area contributed by atoms with Crippen molar-refractivity contribution >= 4 is 11.8 Å². The molecule has 0 spiro atoms. The molecule has 0 heterocycles. The molecule has 0 aliphatic heterocycles. The summed E-state index contributed by atoms with van der Waals surface area (Å²) in [7, 11) is 0. The van der Waals surface area contributed by atoms with Gasteiger partial charge in [-0.1, -0.05) is 0 Å². The molecule has 0 amide bonds. The number of hydrogen-bond acceptors (Lipinski definition) is 2. The lowest BCUT2D eigenvalue weighted by Gasteiger charge is -2.53. The zero-order valence-electron chi connectivity index (χ0n) is 8.03. The number of ketones is 1. The van der Waals surface area contributed by atoms with Crippen molar-refractivity contribution in [3.63, 3.8) is 0 Å². The maximum absolute atomic E-state index is 12.0. The second-order valence-corrected chi connectivity index (χ2v) is 5.30. The molecule has 1 N–H and O–H groups in total. The Kier molecular flexibility index (Phi) is 1.44. The summed E-state index contributed by atoms with van der Waals surface area (Å²) in [4.78, 5) is 23.2. The van der Waals surface area contributed by atoms with Gasteiger partial charge < -0.3 is 5.11 Å². The molecule has 0 aromatic carbocycles. The number of carboxylic acids is 1. The molecule has 4 rings (SSSR count). The highest BCUT2D eigenvalue weighted by atomic mass is 16.4. The quantitative estimate of drug-likeness (QED) is 0.643. The van der Waals surface area contributed by atoms with Crippen LogP contribution in [0.1, 0.15) is 32.1 Å². The van der Waals surface area contributed by atoms with Crippen LogP contribution in [0.25, 0.3) is 0 Å². The summed E-state index contributed by atoms with van der Waals surface area (Å²) >= 11 is 0. The van der Waals surface area contributed by atoms with Crippen LogP contribution in [-0.4, -0.2) is 16.9 Å². The zero-order valence-corrected chi connectivity index (χ0v) is 8.03. The van der Waals surface area contributed by atoms with E-state index in [0.717, 1.165) is 12.8 Å². The Bertz CT molecular complexity index is 306. The van der Waals surface area contributed by atoms with Gasteiger partial charge in [0.05, 0.1) is 0 Å². The summed E-state index contributed by atoms with van der Waals surface area (Å²) in [6.45, 7) is 0. The first-order valence-electron chi connectivity index (χ1n) is 5.39. The van der Waals surface area contributed by atoms with Crippen LogP contribution in [0.4, 0.5) is 0 Å².